The molecule has 0 radical (unpaired) electrons. The third kappa shape index (κ3) is 3.50. The van der Waals surface area contributed by atoms with Crippen molar-refractivity contribution in [2.45, 2.75) is 32.2 Å². The van der Waals surface area contributed by atoms with Crippen molar-refractivity contribution in [3.05, 3.63) is 66.8 Å². The number of pyridine rings is 1. The average Bonchev–Trinajstić information content (AvgIpc) is 3.06. The number of benzene rings is 1. The van der Waals surface area contributed by atoms with Gasteiger partial charge in [0.2, 0.25) is 5.91 Å². The fraction of sp³-hybridized carbons (Fsp3) is 0.250. The molecule has 4 rings (SSSR count). The van der Waals surface area contributed by atoms with E-state index >= 15 is 0 Å². The number of carbonyl (C=O) groups excluding carboxylic acids is 1. The third-order valence-electron chi connectivity index (χ3n) is 5.02. The number of nitriles is 1. The van der Waals surface area contributed by atoms with E-state index in [4.69, 9.17) is 0 Å². The second kappa shape index (κ2) is 7.48. The summed E-state index contributed by atoms with van der Waals surface area (Å²) in [6, 6.07) is 9.11. The number of nitro groups is 1. The van der Waals surface area contributed by atoms with Crippen LogP contribution >= 0.6 is 11.3 Å². The van der Waals surface area contributed by atoms with Crippen molar-refractivity contribution in [2.24, 2.45) is 0 Å². The fourth-order valence-electron chi connectivity index (χ4n) is 3.65. The van der Waals surface area contributed by atoms with Gasteiger partial charge in [-0.05, 0) is 43.4 Å². The molecule has 146 valence electrons. The summed E-state index contributed by atoms with van der Waals surface area (Å²) in [4.78, 5) is 36.6. The largest absolute Gasteiger partial charge is 0.315 e. The van der Waals surface area contributed by atoms with Gasteiger partial charge in [-0.15, -0.1) is 11.3 Å². The van der Waals surface area contributed by atoms with Gasteiger partial charge in [0.1, 0.15) is 17.6 Å². The summed E-state index contributed by atoms with van der Waals surface area (Å²) in [6.07, 6.45) is 3.85. The summed E-state index contributed by atoms with van der Waals surface area (Å²) >= 11 is 1.42. The quantitative estimate of drug-likeness (QED) is 0.524. The van der Waals surface area contributed by atoms with E-state index in [9.17, 15) is 25.0 Å². The highest BCUT2D eigenvalue weighted by atomic mass is 32.1. The van der Waals surface area contributed by atoms with Crippen LogP contribution in [0, 0.1) is 21.4 Å². The minimum absolute atomic E-state index is 0.0880. The molecule has 1 N–H and O–H groups in total. The number of nitrogens with one attached hydrogen (secondary N) is 1. The molecule has 0 bridgehead atoms. The first-order valence-corrected chi connectivity index (χ1v) is 9.92. The first kappa shape index (κ1) is 18.8. The number of nitrogens with zero attached hydrogens (tertiary/aromatic N) is 3. The Bertz CT molecular complexity index is 1250. The summed E-state index contributed by atoms with van der Waals surface area (Å²) in [5.74, 6) is -0.423. The Kier molecular flexibility index (Phi) is 4.86. The molecule has 9 heteroatoms. The maximum atomic E-state index is 12.7. The topological polar surface area (TPSA) is 118 Å². The van der Waals surface area contributed by atoms with Gasteiger partial charge in [0.15, 0.2) is 0 Å². The Morgan fingerprint density at radius 3 is 2.83 bits per heavy atom. The van der Waals surface area contributed by atoms with Crippen LogP contribution in [-0.4, -0.2) is 15.4 Å². The van der Waals surface area contributed by atoms with E-state index in [1.54, 1.807) is 0 Å². The molecule has 1 aliphatic rings. The molecule has 1 aromatic carbocycles. The van der Waals surface area contributed by atoms with Gasteiger partial charge in [0, 0.05) is 28.5 Å². The Labute approximate surface area is 169 Å². The van der Waals surface area contributed by atoms with Crippen LogP contribution in [-0.2, 0) is 24.2 Å². The molecule has 0 saturated heterocycles. The molecule has 0 spiro atoms. The van der Waals surface area contributed by atoms with Gasteiger partial charge in [-0.1, -0.05) is 0 Å². The van der Waals surface area contributed by atoms with E-state index in [0.717, 1.165) is 36.1 Å². The van der Waals surface area contributed by atoms with E-state index in [1.807, 2.05) is 0 Å². The van der Waals surface area contributed by atoms with E-state index in [-0.39, 0.29) is 17.8 Å². The summed E-state index contributed by atoms with van der Waals surface area (Å²) in [7, 11) is 0. The van der Waals surface area contributed by atoms with Crippen LogP contribution < -0.4 is 10.9 Å². The van der Waals surface area contributed by atoms with Gasteiger partial charge in [0.25, 0.3) is 11.2 Å². The zero-order valence-electron chi connectivity index (χ0n) is 15.3. The number of aromatic nitrogens is 1. The molecule has 8 nitrogen and oxygen atoms in total. The summed E-state index contributed by atoms with van der Waals surface area (Å²) < 4.78 is 1.27. The number of non-ortho nitro benzene ring substituents is 1. The smallest absolute Gasteiger partial charge is 0.270 e. The number of anilines is 1. The Hall–Kier alpha value is -3.51. The van der Waals surface area contributed by atoms with Gasteiger partial charge in [-0.3, -0.25) is 24.3 Å². The first-order valence-electron chi connectivity index (χ1n) is 9.10. The van der Waals surface area contributed by atoms with E-state index in [0.29, 0.717) is 21.5 Å². The number of hydrogen-bond donors (Lipinski definition) is 1. The van der Waals surface area contributed by atoms with E-state index in [2.05, 4.69) is 11.4 Å². The van der Waals surface area contributed by atoms with Gasteiger partial charge in [-0.2, -0.15) is 5.26 Å². The lowest BCUT2D eigenvalue weighted by molar-refractivity contribution is -0.384. The second-order valence-electron chi connectivity index (χ2n) is 6.83. The highest BCUT2D eigenvalue weighted by Gasteiger charge is 2.22. The van der Waals surface area contributed by atoms with Crippen molar-refractivity contribution in [2.75, 3.05) is 5.32 Å². The molecule has 2 aromatic heterocycles. The average molecular weight is 408 g/mol. The number of nitro benzene ring substituents is 1. The standard InChI is InChI=1S/C20H16N4O4S/c21-10-15-14-3-1-2-4-17(14)29-20(15)22-18(25)11-23-16-7-6-13(24(27)28)9-12(16)5-8-19(23)26/h5-9H,1-4,11H2,(H,22,25). The summed E-state index contributed by atoms with van der Waals surface area (Å²) in [5.41, 5.74) is 1.50. The SMILES string of the molecule is N#Cc1c(NC(=O)Cn2c(=O)ccc3cc([N+](=O)[O-])ccc32)sc2c1CCCC2. The molecular formula is C20H16N4O4S. The molecule has 0 aliphatic heterocycles. The lowest BCUT2D eigenvalue weighted by Crippen LogP contribution is -2.27. The van der Waals surface area contributed by atoms with E-state index in [1.165, 1.54) is 46.2 Å². The zero-order chi connectivity index (χ0) is 20.5. The molecule has 1 aliphatic carbocycles. The maximum absolute atomic E-state index is 12.7. The van der Waals surface area contributed by atoms with Gasteiger partial charge < -0.3 is 5.32 Å². The lowest BCUT2D eigenvalue weighted by Gasteiger charge is -2.10. The minimum Gasteiger partial charge on any atom is -0.315 e. The van der Waals surface area contributed by atoms with Crippen LogP contribution in [0.1, 0.15) is 28.8 Å². The summed E-state index contributed by atoms with van der Waals surface area (Å²) in [5, 5.41) is 24.3. The van der Waals surface area contributed by atoms with Crippen molar-refractivity contribution in [1.82, 2.24) is 4.57 Å². The van der Waals surface area contributed by atoms with Gasteiger partial charge in [0.05, 0.1) is 16.0 Å². The molecule has 0 atom stereocenters. The predicted octanol–water partition coefficient (Wildman–Crippen LogP) is 3.36. The van der Waals surface area contributed by atoms with Crippen LogP contribution in [0.2, 0.25) is 0 Å². The number of hydrogen-bond acceptors (Lipinski definition) is 6. The first-order chi connectivity index (χ1) is 14.0. The molecule has 1 amide bonds. The highest BCUT2D eigenvalue weighted by Crippen LogP contribution is 2.37. The Balaban J connectivity index is 1.64. The van der Waals surface area contributed by atoms with Crippen LogP contribution in [0.3, 0.4) is 0 Å². The minimum atomic E-state index is -0.510. The maximum Gasteiger partial charge on any atom is 0.270 e. The molecule has 0 unspecified atom stereocenters. The van der Waals surface area contributed by atoms with Crippen molar-refractivity contribution >= 4 is 38.8 Å². The Morgan fingerprint density at radius 1 is 1.28 bits per heavy atom. The predicted molar refractivity (Wildman–Crippen MR) is 109 cm³/mol. The number of amides is 1. The van der Waals surface area contributed by atoms with Crippen molar-refractivity contribution in [3.63, 3.8) is 0 Å². The number of thiophene rings is 1. The van der Waals surface area contributed by atoms with Crippen LogP contribution in [0.4, 0.5) is 10.7 Å². The number of rotatable bonds is 4. The van der Waals surface area contributed by atoms with Gasteiger partial charge in [-0.25, -0.2) is 0 Å². The summed E-state index contributed by atoms with van der Waals surface area (Å²) in [6.45, 7) is -0.249. The van der Waals surface area contributed by atoms with Crippen LogP contribution in [0.25, 0.3) is 10.9 Å². The Morgan fingerprint density at radius 2 is 2.07 bits per heavy atom. The third-order valence-corrected chi connectivity index (χ3v) is 6.23. The lowest BCUT2D eigenvalue weighted by atomic mass is 9.96. The molecule has 0 fully saturated rings. The van der Waals surface area contributed by atoms with E-state index < -0.39 is 10.8 Å². The number of aryl methyl sites for hydroxylation is 1. The number of carbonyl (C=O) groups is 1. The fourth-order valence-corrected chi connectivity index (χ4v) is 4.91. The van der Waals surface area contributed by atoms with Crippen LogP contribution in [0.15, 0.2) is 35.1 Å². The molecule has 0 saturated carbocycles. The van der Waals surface area contributed by atoms with Gasteiger partial charge >= 0.3 is 0 Å². The van der Waals surface area contributed by atoms with Crippen molar-refractivity contribution in [3.8, 4) is 6.07 Å². The van der Waals surface area contributed by atoms with Crippen LogP contribution in [0.5, 0.6) is 0 Å². The zero-order valence-corrected chi connectivity index (χ0v) is 16.1. The highest BCUT2D eigenvalue weighted by molar-refractivity contribution is 7.16. The van der Waals surface area contributed by atoms with Crippen molar-refractivity contribution < 1.29 is 9.72 Å². The number of fused-ring (bicyclic) bond motifs is 2. The molecule has 2 heterocycles. The monoisotopic (exact) mass is 408 g/mol. The second-order valence-corrected chi connectivity index (χ2v) is 7.94. The normalized spacial score (nSPS) is 12.9. The molecule has 29 heavy (non-hydrogen) atoms. The molecular weight excluding hydrogens is 392 g/mol. The van der Waals surface area contributed by atoms with Crippen molar-refractivity contribution in [1.29, 1.82) is 5.26 Å². The molecule has 3 aromatic rings.